The maximum absolute atomic E-state index is 12.5. The summed E-state index contributed by atoms with van der Waals surface area (Å²) in [4.78, 5) is 9.48. The number of sulfone groups is 1. The molecule has 9 heteroatoms. The zero-order valence-electron chi connectivity index (χ0n) is 12.9. The molecule has 128 valence electrons. The van der Waals surface area contributed by atoms with Gasteiger partial charge in [0.15, 0.2) is 5.75 Å². The molecule has 0 aliphatic carbocycles. The van der Waals surface area contributed by atoms with Gasteiger partial charge < -0.3 is 9.84 Å². The number of ether oxygens (including phenoxy) is 1. The Hall–Kier alpha value is -3.38. The topological polar surface area (TPSA) is 131 Å². The minimum absolute atomic E-state index is 0.0254. The fourth-order valence-electron chi connectivity index (χ4n) is 2.04. The van der Waals surface area contributed by atoms with Crippen LogP contribution in [0.3, 0.4) is 0 Å². The van der Waals surface area contributed by atoms with E-state index in [-0.39, 0.29) is 16.2 Å². The van der Waals surface area contributed by atoms with Gasteiger partial charge in [0.1, 0.15) is 11.0 Å². The highest BCUT2D eigenvalue weighted by Gasteiger charge is 2.23. The van der Waals surface area contributed by atoms with Crippen molar-refractivity contribution in [2.45, 2.75) is 4.90 Å². The number of hydrogen-bond donors (Lipinski definition) is 1. The maximum atomic E-state index is 12.5. The Morgan fingerprint density at radius 2 is 1.96 bits per heavy atom. The highest BCUT2D eigenvalue weighted by molar-refractivity contribution is 7.95. The van der Waals surface area contributed by atoms with Crippen molar-refractivity contribution in [3.63, 3.8) is 0 Å². The van der Waals surface area contributed by atoms with Crippen LogP contribution in [0.2, 0.25) is 0 Å². The average molecular weight is 360 g/mol. The fourth-order valence-corrected chi connectivity index (χ4v) is 3.22. The Balaban J connectivity index is 2.64. The average Bonchev–Trinajstić information content (AvgIpc) is 2.60. The van der Waals surface area contributed by atoms with Gasteiger partial charge in [-0.15, -0.1) is 0 Å². The molecule has 0 fully saturated rings. The number of benzene rings is 2. The molecule has 0 spiro atoms. The Morgan fingerprint density at radius 1 is 1.32 bits per heavy atom. The van der Waals surface area contributed by atoms with Gasteiger partial charge in [0, 0.05) is 6.07 Å². The molecule has 0 saturated carbocycles. The highest BCUT2D eigenvalue weighted by atomic mass is 32.2. The number of phenolic OH excluding ortho intramolecular Hbond substituents is 1. The molecule has 0 radical (unpaired) electrons. The molecule has 1 N–H and O–H groups in total. The second-order valence-electron chi connectivity index (χ2n) is 4.78. The summed E-state index contributed by atoms with van der Waals surface area (Å²) in [7, 11) is -2.89. The second-order valence-corrected chi connectivity index (χ2v) is 6.70. The van der Waals surface area contributed by atoms with Crippen molar-refractivity contribution in [2.75, 3.05) is 7.11 Å². The molecule has 0 aliphatic heterocycles. The summed E-state index contributed by atoms with van der Waals surface area (Å²) in [6.45, 7) is 0. The summed E-state index contributed by atoms with van der Waals surface area (Å²) in [5.74, 6) is -0.899. The van der Waals surface area contributed by atoms with Gasteiger partial charge in [0.05, 0.1) is 16.9 Å². The standard InChI is InChI=1S/C16H12N2O6S/c1-24-15-9-11(8-14(16(15)19)18(20)21)7-13(10-17)25(22,23)12-5-3-2-4-6-12/h2-9,19H,1H3/b13-7+. The van der Waals surface area contributed by atoms with Gasteiger partial charge >= 0.3 is 5.69 Å². The Labute approximate surface area is 143 Å². The highest BCUT2D eigenvalue weighted by Crippen LogP contribution is 2.37. The Morgan fingerprint density at radius 3 is 2.48 bits per heavy atom. The molecule has 0 unspecified atom stereocenters. The van der Waals surface area contributed by atoms with Crippen LogP contribution in [0.5, 0.6) is 11.5 Å². The van der Waals surface area contributed by atoms with Gasteiger partial charge in [-0.2, -0.15) is 5.26 Å². The molecule has 0 aromatic heterocycles. The zero-order chi connectivity index (χ0) is 18.6. The molecule has 0 atom stereocenters. The quantitative estimate of drug-likeness (QED) is 0.492. The first-order valence-electron chi connectivity index (χ1n) is 6.78. The van der Waals surface area contributed by atoms with Crippen molar-refractivity contribution in [1.29, 1.82) is 5.26 Å². The number of nitriles is 1. The normalized spacial score (nSPS) is 11.6. The van der Waals surface area contributed by atoms with Crippen LogP contribution in [0.1, 0.15) is 5.56 Å². The van der Waals surface area contributed by atoms with Crippen LogP contribution >= 0.6 is 0 Å². The van der Waals surface area contributed by atoms with Crippen molar-refractivity contribution in [3.05, 3.63) is 63.0 Å². The third-order valence-corrected chi connectivity index (χ3v) is 4.93. The smallest absolute Gasteiger partial charge is 0.315 e. The van der Waals surface area contributed by atoms with Crippen LogP contribution < -0.4 is 4.74 Å². The van der Waals surface area contributed by atoms with E-state index in [0.717, 1.165) is 12.1 Å². The van der Waals surface area contributed by atoms with E-state index in [2.05, 4.69) is 0 Å². The van der Waals surface area contributed by atoms with Crippen molar-refractivity contribution in [3.8, 4) is 17.6 Å². The predicted molar refractivity (Wildman–Crippen MR) is 88.5 cm³/mol. The third-order valence-electron chi connectivity index (χ3n) is 3.24. The summed E-state index contributed by atoms with van der Waals surface area (Å²) < 4.78 is 29.9. The van der Waals surface area contributed by atoms with E-state index in [1.54, 1.807) is 12.1 Å². The molecule has 0 saturated heterocycles. The lowest BCUT2D eigenvalue weighted by atomic mass is 10.1. The van der Waals surface area contributed by atoms with E-state index >= 15 is 0 Å². The van der Waals surface area contributed by atoms with Crippen LogP contribution in [0.25, 0.3) is 6.08 Å². The zero-order valence-corrected chi connectivity index (χ0v) is 13.7. The summed E-state index contributed by atoms with van der Waals surface area (Å²) in [6, 6.07) is 11.1. The monoisotopic (exact) mass is 360 g/mol. The SMILES string of the molecule is COc1cc(/C=C(\C#N)S(=O)(=O)c2ccccc2)cc([N+](=O)[O-])c1O. The van der Waals surface area contributed by atoms with Crippen LogP contribution in [0.15, 0.2) is 52.3 Å². The Kier molecular flexibility index (Phi) is 5.05. The van der Waals surface area contributed by atoms with Gasteiger partial charge in [-0.05, 0) is 29.8 Å². The van der Waals surface area contributed by atoms with Gasteiger partial charge in [-0.3, -0.25) is 10.1 Å². The lowest BCUT2D eigenvalue weighted by Crippen LogP contribution is -2.03. The molecule has 0 amide bonds. The number of phenols is 1. The largest absolute Gasteiger partial charge is 0.500 e. The second kappa shape index (κ2) is 7.02. The maximum Gasteiger partial charge on any atom is 0.315 e. The molecule has 0 aliphatic rings. The number of nitro benzene ring substituents is 1. The minimum Gasteiger partial charge on any atom is -0.500 e. The van der Waals surface area contributed by atoms with Gasteiger partial charge in [0.2, 0.25) is 15.6 Å². The van der Waals surface area contributed by atoms with Crippen LogP contribution in [-0.4, -0.2) is 25.6 Å². The number of nitro groups is 1. The lowest BCUT2D eigenvalue weighted by molar-refractivity contribution is -0.386. The molecule has 0 bridgehead atoms. The first-order chi connectivity index (χ1) is 11.8. The molecular weight excluding hydrogens is 348 g/mol. The number of aromatic hydroxyl groups is 1. The molecule has 2 rings (SSSR count). The summed E-state index contributed by atoms with van der Waals surface area (Å²) >= 11 is 0. The molecule has 0 heterocycles. The van der Waals surface area contributed by atoms with Crippen LogP contribution in [0.4, 0.5) is 5.69 Å². The number of allylic oxidation sites excluding steroid dienone is 1. The minimum atomic E-state index is -4.09. The number of rotatable bonds is 5. The third kappa shape index (κ3) is 3.59. The molecular formula is C16H12N2O6S. The van der Waals surface area contributed by atoms with Crippen LogP contribution in [0, 0.1) is 21.4 Å². The molecule has 2 aromatic rings. The van der Waals surface area contributed by atoms with Crippen molar-refractivity contribution in [2.24, 2.45) is 0 Å². The van der Waals surface area contributed by atoms with Gasteiger partial charge in [0.25, 0.3) is 0 Å². The van der Waals surface area contributed by atoms with E-state index < -0.39 is 31.1 Å². The number of hydrogen-bond acceptors (Lipinski definition) is 7. The van der Waals surface area contributed by atoms with E-state index in [1.165, 1.54) is 37.4 Å². The fraction of sp³-hybridized carbons (Fsp3) is 0.0625. The lowest BCUT2D eigenvalue weighted by Gasteiger charge is -2.06. The molecule has 25 heavy (non-hydrogen) atoms. The van der Waals surface area contributed by atoms with Crippen molar-refractivity contribution in [1.82, 2.24) is 0 Å². The predicted octanol–water partition coefficient (Wildman–Crippen LogP) is 2.65. The summed E-state index contributed by atoms with van der Waals surface area (Å²) in [5, 5.41) is 30.0. The summed E-state index contributed by atoms with van der Waals surface area (Å²) in [6.07, 6.45) is 0.983. The van der Waals surface area contributed by atoms with Crippen molar-refractivity contribution < 1.29 is 23.2 Å². The van der Waals surface area contributed by atoms with E-state index in [4.69, 9.17) is 4.74 Å². The number of nitrogens with zero attached hydrogens (tertiary/aromatic N) is 2. The first kappa shape index (κ1) is 18.0. The number of methoxy groups -OCH3 is 1. The van der Waals surface area contributed by atoms with Gasteiger partial charge in [-0.1, -0.05) is 18.2 Å². The Bertz CT molecular complexity index is 991. The van der Waals surface area contributed by atoms with E-state index in [1.807, 2.05) is 0 Å². The van der Waals surface area contributed by atoms with Crippen molar-refractivity contribution >= 4 is 21.6 Å². The van der Waals surface area contributed by atoms with Gasteiger partial charge in [-0.25, -0.2) is 8.42 Å². The first-order valence-corrected chi connectivity index (χ1v) is 8.27. The molecule has 8 nitrogen and oxygen atoms in total. The van der Waals surface area contributed by atoms with E-state index in [9.17, 15) is 28.9 Å². The molecule has 2 aromatic carbocycles. The van der Waals surface area contributed by atoms with E-state index in [0.29, 0.717) is 0 Å². The van der Waals surface area contributed by atoms with Crippen LogP contribution in [-0.2, 0) is 9.84 Å². The summed E-state index contributed by atoms with van der Waals surface area (Å²) in [5.41, 5.74) is -0.641.